The number of benzene rings is 3. The summed E-state index contributed by atoms with van der Waals surface area (Å²) < 4.78 is 28.5. The molecular formula is C23H20N4O5S. The van der Waals surface area contributed by atoms with E-state index in [0.717, 1.165) is 5.56 Å². The van der Waals surface area contributed by atoms with Crippen LogP contribution in [-0.4, -0.2) is 26.1 Å². The molecule has 4 rings (SSSR count). The van der Waals surface area contributed by atoms with Crippen LogP contribution in [0.2, 0.25) is 0 Å². The van der Waals surface area contributed by atoms with Crippen molar-refractivity contribution in [3.63, 3.8) is 0 Å². The zero-order valence-electron chi connectivity index (χ0n) is 17.5. The minimum Gasteiger partial charge on any atom is -0.324 e. The summed E-state index contributed by atoms with van der Waals surface area (Å²) in [5, 5.41) is 7.81. The number of para-hydroxylation sites is 1. The fourth-order valence-electron chi connectivity index (χ4n) is 3.33. The van der Waals surface area contributed by atoms with E-state index in [9.17, 15) is 22.8 Å². The van der Waals surface area contributed by atoms with E-state index in [1.54, 1.807) is 30.3 Å². The Hall–Kier alpha value is -4.18. The maximum atomic E-state index is 13.1. The van der Waals surface area contributed by atoms with Crippen molar-refractivity contribution in [1.29, 1.82) is 0 Å². The predicted octanol–water partition coefficient (Wildman–Crippen LogP) is 3.33. The van der Waals surface area contributed by atoms with Gasteiger partial charge in [0, 0.05) is 5.69 Å². The highest BCUT2D eigenvalue weighted by atomic mass is 32.2. The normalized spacial score (nSPS) is 13.2. The van der Waals surface area contributed by atoms with Crippen molar-refractivity contribution in [2.24, 2.45) is 0 Å². The lowest BCUT2D eigenvalue weighted by Gasteiger charge is -2.14. The van der Waals surface area contributed by atoms with Crippen LogP contribution in [0.1, 0.15) is 22.3 Å². The number of rotatable bonds is 5. The Morgan fingerprint density at radius 2 is 1.61 bits per heavy atom. The molecule has 1 heterocycles. The monoisotopic (exact) mass is 464 g/mol. The highest BCUT2D eigenvalue weighted by Crippen LogP contribution is 2.29. The highest BCUT2D eigenvalue weighted by Gasteiger charge is 2.23. The number of amides is 3. The molecule has 0 saturated carbocycles. The highest BCUT2D eigenvalue weighted by molar-refractivity contribution is 7.92. The summed E-state index contributed by atoms with van der Waals surface area (Å²) >= 11 is 0. The molecule has 0 bridgehead atoms. The standard InChI is InChI=1S/C23H20N4O5S/c1-14-5-4-6-15(11-14)24-23(30)17-7-2-3-8-18(17)27-33(31,32)16-9-10-19-20(12-16)26-22(29)13-21(28)25-19/h2-12,27H,13H2,1H3,(H,24,30)(H,25,28)(H,26,29). The number of aryl methyl sites for hydroxylation is 1. The summed E-state index contributed by atoms with van der Waals surface area (Å²) in [6, 6.07) is 17.4. The van der Waals surface area contributed by atoms with Crippen LogP contribution in [0.3, 0.4) is 0 Å². The molecule has 4 N–H and O–H groups in total. The van der Waals surface area contributed by atoms with Crippen molar-refractivity contribution in [2.45, 2.75) is 18.2 Å². The van der Waals surface area contributed by atoms with E-state index in [2.05, 4.69) is 20.7 Å². The van der Waals surface area contributed by atoms with Crippen molar-refractivity contribution in [3.05, 3.63) is 77.9 Å². The van der Waals surface area contributed by atoms with E-state index in [4.69, 9.17) is 0 Å². The van der Waals surface area contributed by atoms with Gasteiger partial charge in [0.25, 0.3) is 15.9 Å². The Balaban J connectivity index is 1.61. The van der Waals surface area contributed by atoms with Crippen LogP contribution in [0.15, 0.2) is 71.6 Å². The Morgan fingerprint density at radius 3 is 2.36 bits per heavy atom. The van der Waals surface area contributed by atoms with Gasteiger partial charge in [-0.15, -0.1) is 0 Å². The molecule has 10 heteroatoms. The molecule has 0 atom stereocenters. The van der Waals surface area contributed by atoms with E-state index < -0.39 is 27.7 Å². The van der Waals surface area contributed by atoms with Gasteiger partial charge >= 0.3 is 0 Å². The average Bonchev–Trinajstić information content (AvgIpc) is 2.89. The van der Waals surface area contributed by atoms with Crippen molar-refractivity contribution < 1.29 is 22.8 Å². The fraction of sp³-hybridized carbons (Fsp3) is 0.0870. The molecule has 3 aromatic carbocycles. The van der Waals surface area contributed by atoms with Crippen LogP contribution >= 0.6 is 0 Å². The van der Waals surface area contributed by atoms with Gasteiger partial charge < -0.3 is 16.0 Å². The van der Waals surface area contributed by atoms with Gasteiger partial charge in [-0.25, -0.2) is 8.42 Å². The summed E-state index contributed by atoms with van der Waals surface area (Å²) in [6.07, 6.45) is -0.363. The summed E-state index contributed by atoms with van der Waals surface area (Å²) in [4.78, 5) is 36.2. The molecule has 3 amide bonds. The maximum absolute atomic E-state index is 13.1. The lowest BCUT2D eigenvalue weighted by atomic mass is 10.1. The molecule has 0 radical (unpaired) electrons. The van der Waals surface area contributed by atoms with Crippen LogP contribution in [0.5, 0.6) is 0 Å². The Morgan fingerprint density at radius 1 is 0.879 bits per heavy atom. The van der Waals surface area contributed by atoms with Crippen molar-refractivity contribution in [1.82, 2.24) is 0 Å². The molecule has 168 valence electrons. The van der Waals surface area contributed by atoms with Gasteiger partial charge in [0.05, 0.1) is 27.5 Å². The van der Waals surface area contributed by atoms with E-state index in [0.29, 0.717) is 11.4 Å². The maximum Gasteiger partial charge on any atom is 0.261 e. The van der Waals surface area contributed by atoms with Crippen molar-refractivity contribution in [2.75, 3.05) is 20.7 Å². The SMILES string of the molecule is Cc1cccc(NC(=O)c2ccccc2NS(=O)(=O)c2ccc3c(c2)NC(=O)CC(=O)N3)c1. The first-order chi connectivity index (χ1) is 15.7. The summed E-state index contributed by atoms with van der Waals surface area (Å²) in [5.74, 6) is -1.52. The van der Waals surface area contributed by atoms with E-state index in [1.807, 2.05) is 13.0 Å². The third kappa shape index (κ3) is 5.01. The van der Waals surface area contributed by atoms with E-state index in [-0.39, 0.29) is 28.3 Å². The van der Waals surface area contributed by atoms with Gasteiger partial charge in [-0.2, -0.15) is 0 Å². The molecule has 3 aromatic rings. The molecule has 0 saturated heterocycles. The third-order valence-electron chi connectivity index (χ3n) is 4.86. The van der Waals surface area contributed by atoms with E-state index in [1.165, 1.54) is 30.3 Å². The summed E-state index contributed by atoms with van der Waals surface area (Å²) in [7, 11) is -4.12. The first kappa shape index (κ1) is 22.0. The lowest BCUT2D eigenvalue weighted by molar-refractivity contribution is -0.123. The topological polar surface area (TPSA) is 133 Å². The predicted molar refractivity (Wildman–Crippen MR) is 125 cm³/mol. The first-order valence-corrected chi connectivity index (χ1v) is 11.4. The van der Waals surface area contributed by atoms with Gasteiger partial charge in [0.15, 0.2) is 0 Å². The van der Waals surface area contributed by atoms with Crippen LogP contribution in [0.25, 0.3) is 0 Å². The lowest BCUT2D eigenvalue weighted by Crippen LogP contribution is -2.19. The second-order valence-corrected chi connectivity index (χ2v) is 9.14. The van der Waals surface area contributed by atoms with Gasteiger partial charge in [-0.3, -0.25) is 19.1 Å². The van der Waals surface area contributed by atoms with Crippen molar-refractivity contribution >= 4 is 50.5 Å². The van der Waals surface area contributed by atoms with Gasteiger partial charge in [-0.05, 0) is 55.0 Å². The van der Waals surface area contributed by atoms with Crippen LogP contribution in [0.4, 0.5) is 22.7 Å². The van der Waals surface area contributed by atoms with Crippen LogP contribution in [0, 0.1) is 6.92 Å². The molecule has 9 nitrogen and oxygen atoms in total. The number of nitrogens with one attached hydrogen (secondary N) is 4. The number of carbonyl (C=O) groups excluding carboxylic acids is 3. The first-order valence-electron chi connectivity index (χ1n) is 9.95. The summed E-state index contributed by atoms with van der Waals surface area (Å²) in [6.45, 7) is 1.89. The van der Waals surface area contributed by atoms with Gasteiger partial charge in [0.2, 0.25) is 11.8 Å². The molecule has 1 aliphatic heterocycles. The van der Waals surface area contributed by atoms with E-state index >= 15 is 0 Å². The molecule has 0 aromatic heterocycles. The summed E-state index contributed by atoms with van der Waals surface area (Å²) in [5.41, 5.74) is 2.24. The number of sulfonamides is 1. The minimum atomic E-state index is -4.12. The Bertz CT molecular complexity index is 1390. The number of fused-ring (bicyclic) bond motifs is 1. The second kappa shape index (κ2) is 8.75. The zero-order valence-corrected chi connectivity index (χ0v) is 18.3. The molecule has 33 heavy (non-hydrogen) atoms. The Labute approximate surface area is 190 Å². The molecule has 0 spiro atoms. The number of hydrogen-bond acceptors (Lipinski definition) is 5. The van der Waals surface area contributed by atoms with Gasteiger partial charge in [0.1, 0.15) is 6.42 Å². The van der Waals surface area contributed by atoms with Gasteiger partial charge in [-0.1, -0.05) is 24.3 Å². The molecule has 0 aliphatic carbocycles. The quantitative estimate of drug-likeness (QED) is 0.430. The minimum absolute atomic E-state index is 0.0925. The second-order valence-electron chi connectivity index (χ2n) is 7.46. The largest absolute Gasteiger partial charge is 0.324 e. The fourth-order valence-corrected chi connectivity index (χ4v) is 4.44. The van der Waals surface area contributed by atoms with Crippen LogP contribution < -0.4 is 20.7 Å². The number of anilines is 4. The molecule has 1 aliphatic rings. The van der Waals surface area contributed by atoms with Crippen molar-refractivity contribution in [3.8, 4) is 0 Å². The molecule has 0 unspecified atom stereocenters. The smallest absolute Gasteiger partial charge is 0.261 e. The number of hydrogen-bond donors (Lipinski definition) is 4. The number of carbonyl (C=O) groups is 3. The third-order valence-corrected chi connectivity index (χ3v) is 6.23. The molecule has 0 fully saturated rings. The Kier molecular flexibility index (Phi) is 5.84. The average molecular weight is 465 g/mol. The van der Waals surface area contributed by atoms with Crippen LogP contribution in [-0.2, 0) is 19.6 Å². The zero-order chi connectivity index (χ0) is 23.6. The molecular weight excluding hydrogens is 444 g/mol.